The minimum Gasteiger partial charge on any atom is -0.367 e. The number of hydrogen-bond donors (Lipinski definition) is 1. The topological polar surface area (TPSA) is 38.3 Å². The third-order valence-electron chi connectivity index (χ3n) is 4.05. The number of anilines is 1. The van der Waals surface area contributed by atoms with Gasteiger partial charge >= 0.3 is 0 Å². The maximum absolute atomic E-state index is 12.1. The van der Waals surface area contributed by atoms with Crippen molar-refractivity contribution in [2.24, 2.45) is 0 Å². The van der Waals surface area contributed by atoms with Crippen molar-refractivity contribution in [3.63, 3.8) is 0 Å². The zero-order valence-corrected chi connectivity index (χ0v) is 14.0. The first-order chi connectivity index (χ1) is 11.6. The predicted octanol–water partition coefficient (Wildman–Crippen LogP) is 4.61. The fraction of sp³-hybridized carbons (Fsp3) is 0.190. The van der Waals surface area contributed by atoms with Crippen LogP contribution in [-0.2, 0) is 16.1 Å². The van der Waals surface area contributed by atoms with Crippen LogP contribution in [0.5, 0.6) is 0 Å². The Kier molecular flexibility index (Phi) is 4.92. The van der Waals surface area contributed by atoms with Crippen molar-refractivity contribution >= 4 is 22.4 Å². The lowest BCUT2D eigenvalue weighted by molar-refractivity contribution is -0.121. The molecule has 0 heterocycles. The van der Waals surface area contributed by atoms with Crippen LogP contribution >= 0.6 is 0 Å². The largest absolute Gasteiger partial charge is 0.367 e. The van der Waals surface area contributed by atoms with Crippen molar-refractivity contribution in [1.29, 1.82) is 0 Å². The molecule has 0 spiro atoms. The summed E-state index contributed by atoms with van der Waals surface area (Å²) in [6.45, 7) is 4.60. The molecular weight excluding hydrogens is 298 g/mol. The molecule has 24 heavy (non-hydrogen) atoms. The molecule has 3 aromatic carbocycles. The fourth-order valence-corrected chi connectivity index (χ4v) is 2.78. The molecule has 0 aliphatic heterocycles. The number of hydrogen-bond acceptors (Lipinski definition) is 2. The van der Waals surface area contributed by atoms with Crippen LogP contribution in [0.4, 0.5) is 5.69 Å². The monoisotopic (exact) mass is 319 g/mol. The molecular formula is C21H21NO2. The van der Waals surface area contributed by atoms with Crippen LogP contribution in [0.25, 0.3) is 10.8 Å². The van der Waals surface area contributed by atoms with Gasteiger partial charge in [0.15, 0.2) is 0 Å². The SMILES string of the molecule is Cc1ccc(COCC(=O)Nc2cccc3ccccc23)c(C)c1. The normalized spacial score (nSPS) is 10.8. The Morgan fingerprint density at radius 1 is 1.00 bits per heavy atom. The van der Waals surface area contributed by atoms with Gasteiger partial charge < -0.3 is 10.1 Å². The summed E-state index contributed by atoms with van der Waals surface area (Å²) >= 11 is 0. The van der Waals surface area contributed by atoms with Crippen LogP contribution in [0.15, 0.2) is 60.7 Å². The number of fused-ring (bicyclic) bond motifs is 1. The minimum absolute atomic E-state index is 0.0382. The lowest BCUT2D eigenvalue weighted by Gasteiger charge is -2.10. The summed E-state index contributed by atoms with van der Waals surface area (Å²) in [6.07, 6.45) is 0. The van der Waals surface area contributed by atoms with Gasteiger partial charge in [-0.05, 0) is 36.4 Å². The van der Waals surface area contributed by atoms with E-state index in [2.05, 4.69) is 31.3 Å². The smallest absolute Gasteiger partial charge is 0.250 e. The molecule has 0 fully saturated rings. The second-order valence-electron chi connectivity index (χ2n) is 6.00. The van der Waals surface area contributed by atoms with Crippen molar-refractivity contribution in [1.82, 2.24) is 0 Å². The molecule has 0 saturated heterocycles. The number of ether oxygens (including phenoxy) is 1. The lowest BCUT2D eigenvalue weighted by Crippen LogP contribution is -2.18. The summed E-state index contributed by atoms with van der Waals surface area (Å²) in [7, 11) is 0. The Morgan fingerprint density at radius 3 is 2.62 bits per heavy atom. The highest BCUT2D eigenvalue weighted by Gasteiger charge is 2.06. The minimum atomic E-state index is -0.142. The highest BCUT2D eigenvalue weighted by Crippen LogP contribution is 2.22. The average Bonchev–Trinajstić information content (AvgIpc) is 2.57. The molecule has 1 N–H and O–H groups in total. The highest BCUT2D eigenvalue weighted by atomic mass is 16.5. The summed E-state index contributed by atoms with van der Waals surface area (Å²) in [5.41, 5.74) is 4.33. The first-order valence-corrected chi connectivity index (χ1v) is 8.05. The number of rotatable bonds is 5. The van der Waals surface area contributed by atoms with Crippen molar-refractivity contribution in [3.8, 4) is 0 Å². The Balaban J connectivity index is 1.59. The molecule has 3 nitrogen and oxygen atoms in total. The van der Waals surface area contributed by atoms with Crippen LogP contribution in [0.2, 0.25) is 0 Å². The number of carbonyl (C=O) groups excluding carboxylic acids is 1. The fourth-order valence-electron chi connectivity index (χ4n) is 2.78. The van der Waals surface area contributed by atoms with E-state index in [1.807, 2.05) is 48.5 Å². The Labute approximate surface area is 142 Å². The van der Waals surface area contributed by atoms with E-state index in [1.54, 1.807) is 0 Å². The van der Waals surface area contributed by atoms with Crippen LogP contribution in [0.1, 0.15) is 16.7 Å². The van der Waals surface area contributed by atoms with E-state index in [1.165, 1.54) is 11.1 Å². The van der Waals surface area contributed by atoms with E-state index in [4.69, 9.17) is 4.74 Å². The van der Waals surface area contributed by atoms with Crippen LogP contribution in [0, 0.1) is 13.8 Å². The zero-order chi connectivity index (χ0) is 16.9. The third-order valence-corrected chi connectivity index (χ3v) is 4.05. The molecule has 0 saturated carbocycles. The lowest BCUT2D eigenvalue weighted by atomic mass is 10.1. The maximum atomic E-state index is 12.1. The van der Waals surface area contributed by atoms with E-state index in [9.17, 15) is 4.79 Å². The molecule has 0 atom stereocenters. The van der Waals surface area contributed by atoms with Crippen molar-refractivity contribution in [2.45, 2.75) is 20.5 Å². The van der Waals surface area contributed by atoms with Gasteiger partial charge in [0.1, 0.15) is 6.61 Å². The predicted molar refractivity (Wildman–Crippen MR) is 98.1 cm³/mol. The van der Waals surface area contributed by atoms with Gasteiger partial charge in [-0.1, -0.05) is 60.2 Å². The molecule has 0 aromatic heterocycles. The van der Waals surface area contributed by atoms with Crippen molar-refractivity contribution < 1.29 is 9.53 Å². The van der Waals surface area contributed by atoms with Gasteiger partial charge in [0, 0.05) is 11.1 Å². The quantitative estimate of drug-likeness (QED) is 0.745. The van der Waals surface area contributed by atoms with Crippen LogP contribution < -0.4 is 5.32 Å². The third kappa shape index (κ3) is 3.81. The average molecular weight is 319 g/mol. The van der Waals surface area contributed by atoms with Gasteiger partial charge in [-0.2, -0.15) is 0 Å². The summed E-state index contributed by atoms with van der Waals surface area (Å²) in [5.74, 6) is -0.142. The molecule has 3 rings (SSSR count). The molecule has 1 amide bonds. The molecule has 0 bridgehead atoms. The summed E-state index contributed by atoms with van der Waals surface area (Å²) in [6, 6.07) is 20.1. The number of amides is 1. The van der Waals surface area contributed by atoms with E-state index in [0.717, 1.165) is 22.0 Å². The van der Waals surface area contributed by atoms with E-state index in [0.29, 0.717) is 6.61 Å². The number of benzene rings is 3. The van der Waals surface area contributed by atoms with Crippen LogP contribution in [0.3, 0.4) is 0 Å². The molecule has 0 radical (unpaired) electrons. The van der Waals surface area contributed by atoms with Crippen molar-refractivity contribution in [3.05, 3.63) is 77.4 Å². The summed E-state index contributed by atoms with van der Waals surface area (Å²) in [4.78, 5) is 12.1. The molecule has 0 aliphatic carbocycles. The van der Waals surface area contributed by atoms with Gasteiger partial charge in [0.25, 0.3) is 0 Å². The first-order valence-electron chi connectivity index (χ1n) is 8.05. The van der Waals surface area contributed by atoms with Crippen molar-refractivity contribution in [2.75, 3.05) is 11.9 Å². The van der Waals surface area contributed by atoms with E-state index < -0.39 is 0 Å². The Hall–Kier alpha value is -2.65. The zero-order valence-electron chi connectivity index (χ0n) is 14.0. The maximum Gasteiger partial charge on any atom is 0.250 e. The van der Waals surface area contributed by atoms with E-state index in [-0.39, 0.29) is 12.5 Å². The van der Waals surface area contributed by atoms with Gasteiger partial charge in [0.2, 0.25) is 5.91 Å². The van der Waals surface area contributed by atoms with Gasteiger partial charge in [-0.3, -0.25) is 4.79 Å². The molecule has 3 aromatic rings. The molecule has 0 unspecified atom stereocenters. The second kappa shape index (κ2) is 7.28. The summed E-state index contributed by atoms with van der Waals surface area (Å²) < 4.78 is 5.57. The number of carbonyl (C=O) groups is 1. The second-order valence-corrected chi connectivity index (χ2v) is 6.00. The van der Waals surface area contributed by atoms with Gasteiger partial charge in [-0.15, -0.1) is 0 Å². The van der Waals surface area contributed by atoms with Crippen LogP contribution in [-0.4, -0.2) is 12.5 Å². The Morgan fingerprint density at radius 2 is 1.79 bits per heavy atom. The van der Waals surface area contributed by atoms with Gasteiger partial charge in [0.05, 0.1) is 6.61 Å². The van der Waals surface area contributed by atoms with E-state index >= 15 is 0 Å². The number of nitrogens with one attached hydrogen (secondary N) is 1. The highest BCUT2D eigenvalue weighted by molar-refractivity contribution is 6.02. The summed E-state index contributed by atoms with van der Waals surface area (Å²) in [5, 5.41) is 5.06. The standard InChI is InChI=1S/C21H21NO2/c1-15-10-11-18(16(2)12-15)13-24-14-21(23)22-20-9-5-7-17-6-3-4-8-19(17)20/h3-12H,13-14H2,1-2H3,(H,22,23). The number of aryl methyl sites for hydroxylation is 2. The molecule has 122 valence electrons. The Bertz CT molecular complexity index is 865. The first kappa shape index (κ1) is 16.2. The molecule has 0 aliphatic rings. The van der Waals surface area contributed by atoms with Gasteiger partial charge in [-0.25, -0.2) is 0 Å². The molecule has 3 heteroatoms.